The zero-order chi connectivity index (χ0) is 13.5. The van der Waals surface area contributed by atoms with E-state index in [4.69, 9.17) is 4.74 Å². The van der Waals surface area contributed by atoms with E-state index >= 15 is 0 Å². The molecule has 1 aliphatic rings. The topological polar surface area (TPSA) is 12.5 Å². The molecule has 1 aliphatic heterocycles. The van der Waals surface area contributed by atoms with Gasteiger partial charge in [0.2, 0.25) is 0 Å². The summed E-state index contributed by atoms with van der Waals surface area (Å²) in [6, 6.07) is 17.7. The quantitative estimate of drug-likeness (QED) is 0.738. The normalized spacial score (nSPS) is 18.4. The molecule has 98 valence electrons. The Morgan fingerprint density at radius 2 is 1.37 bits per heavy atom. The van der Waals surface area contributed by atoms with Crippen LogP contribution in [0.25, 0.3) is 0 Å². The molecule has 1 atom stereocenters. The van der Waals surface area contributed by atoms with Gasteiger partial charge in [-0.3, -0.25) is 0 Å². The van der Waals surface area contributed by atoms with Gasteiger partial charge < -0.3 is 4.74 Å². The van der Waals surface area contributed by atoms with E-state index in [9.17, 15) is 0 Å². The van der Waals surface area contributed by atoms with E-state index in [0.29, 0.717) is 6.10 Å². The Labute approximate surface area is 115 Å². The van der Waals surface area contributed by atoms with Crippen LogP contribution in [0.15, 0.2) is 48.5 Å². The molecule has 1 nitrogen and oxygen atoms in total. The summed E-state index contributed by atoms with van der Waals surface area (Å²) in [4.78, 5) is 0. The molecular weight excluding hydrogens is 232 g/mol. The second-order valence-electron chi connectivity index (χ2n) is 5.94. The molecule has 0 saturated carbocycles. The average Bonchev–Trinajstić information content (AvgIpc) is 3.24. The van der Waals surface area contributed by atoms with Crippen LogP contribution in [0.4, 0.5) is 0 Å². The van der Waals surface area contributed by atoms with Crippen molar-refractivity contribution in [1.29, 1.82) is 0 Å². The summed E-state index contributed by atoms with van der Waals surface area (Å²) in [6.07, 6.45) is 0.344. The van der Waals surface area contributed by atoms with Crippen LogP contribution in [-0.2, 0) is 10.2 Å². The number of ether oxygens (including phenoxy) is 1. The standard InChI is InChI=1S/C18H20O/c1-13-4-8-15(9-5-13)18(2,3)16-10-6-14(7-11-16)17-12-19-17/h4-11,17H,12H2,1-3H3. The molecule has 3 rings (SSSR count). The molecule has 0 spiro atoms. The summed E-state index contributed by atoms with van der Waals surface area (Å²) in [5.41, 5.74) is 5.34. The molecule has 1 unspecified atom stereocenters. The van der Waals surface area contributed by atoms with Crippen molar-refractivity contribution in [1.82, 2.24) is 0 Å². The first-order valence-electron chi connectivity index (χ1n) is 6.86. The minimum atomic E-state index is 0.0383. The maximum absolute atomic E-state index is 5.32. The summed E-state index contributed by atoms with van der Waals surface area (Å²) in [5, 5.41) is 0. The van der Waals surface area contributed by atoms with Gasteiger partial charge in [0.15, 0.2) is 0 Å². The second kappa shape index (κ2) is 4.50. The lowest BCUT2D eigenvalue weighted by Crippen LogP contribution is -2.18. The van der Waals surface area contributed by atoms with Gasteiger partial charge in [0.25, 0.3) is 0 Å². The third-order valence-corrected chi connectivity index (χ3v) is 4.11. The summed E-state index contributed by atoms with van der Waals surface area (Å²) in [5.74, 6) is 0. The highest BCUT2D eigenvalue weighted by molar-refractivity contribution is 5.40. The zero-order valence-electron chi connectivity index (χ0n) is 11.8. The van der Waals surface area contributed by atoms with Gasteiger partial charge in [0, 0.05) is 5.41 Å². The second-order valence-corrected chi connectivity index (χ2v) is 5.94. The van der Waals surface area contributed by atoms with E-state index in [-0.39, 0.29) is 5.41 Å². The Bertz CT molecular complexity index is 560. The summed E-state index contributed by atoms with van der Waals surface area (Å²) >= 11 is 0. The lowest BCUT2D eigenvalue weighted by atomic mass is 9.78. The van der Waals surface area contributed by atoms with E-state index in [1.807, 2.05) is 0 Å². The maximum Gasteiger partial charge on any atom is 0.106 e. The number of aryl methyl sites for hydroxylation is 1. The number of benzene rings is 2. The van der Waals surface area contributed by atoms with Gasteiger partial charge in [-0.05, 0) is 23.6 Å². The Balaban J connectivity index is 1.91. The van der Waals surface area contributed by atoms with Crippen LogP contribution in [0.5, 0.6) is 0 Å². The maximum atomic E-state index is 5.32. The van der Waals surface area contributed by atoms with Crippen LogP contribution in [0.2, 0.25) is 0 Å². The van der Waals surface area contributed by atoms with E-state index < -0.39 is 0 Å². The molecule has 1 saturated heterocycles. The predicted molar refractivity (Wildman–Crippen MR) is 78.4 cm³/mol. The van der Waals surface area contributed by atoms with Crippen LogP contribution in [0.1, 0.15) is 42.2 Å². The fourth-order valence-electron chi connectivity index (χ4n) is 2.49. The lowest BCUT2D eigenvalue weighted by Gasteiger charge is -2.26. The Hall–Kier alpha value is -1.60. The molecule has 0 bridgehead atoms. The van der Waals surface area contributed by atoms with Crippen molar-refractivity contribution >= 4 is 0 Å². The minimum Gasteiger partial charge on any atom is -0.368 e. The predicted octanol–water partition coefficient (Wildman–Crippen LogP) is 4.39. The molecular formula is C18H20O. The lowest BCUT2D eigenvalue weighted by molar-refractivity contribution is 0.415. The Morgan fingerprint density at radius 1 is 0.895 bits per heavy atom. The van der Waals surface area contributed by atoms with Crippen molar-refractivity contribution in [3.05, 3.63) is 70.8 Å². The first kappa shape index (κ1) is 12.4. The van der Waals surface area contributed by atoms with E-state index in [1.165, 1.54) is 22.3 Å². The van der Waals surface area contributed by atoms with Crippen LogP contribution in [0, 0.1) is 6.92 Å². The van der Waals surface area contributed by atoms with Gasteiger partial charge >= 0.3 is 0 Å². The highest BCUT2D eigenvalue weighted by Crippen LogP contribution is 2.34. The average molecular weight is 252 g/mol. The van der Waals surface area contributed by atoms with Crippen molar-refractivity contribution in [3.8, 4) is 0 Å². The largest absolute Gasteiger partial charge is 0.368 e. The smallest absolute Gasteiger partial charge is 0.106 e. The van der Waals surface area contributed by atoms with E-state index in [1.54, 1.807) is 0 Å². The molecule has 2 aromatic rings. The summed E-state index contributed by atoms with van der Waals surface area (Å²) in [6.45, 7) is 7.56. The Kier molecular flexibility index (Phi) is 2.94. The highest BCUT2D eigenvalue weighted by Gasteiger charge is 2.26. The molecule has 0 aliphatic carbocycles. The minimum absolute atomic E-state index is 0.0383. The number of epoxide rings is 1. The van der Waals surface area contributed by atoms with Crippen molar-refractivity contribution in [2.24, 2.45) is 0 Å². The third kappa shape index (κ3) is 2.43. The SMILES string of the molecule is Cc1ccc(C(C)(C)c2ccc(C3CO3)cc2)cc1. The van der Waals surface area contributed by atoms with Crippen LogP contribution in [0.3, 0.4) is 0 Å². The van der Waals surface area contributed by atoms with Crippen LogP contribution in [-0.4, -0.2) is 6.61 Å². The van der Waals surface area contributed by atoms with Crippen LogP contribution >= 0.6 is 0 Å². The van der Waals surface area contributed by atoms with Gasteiger partial charge in [-0.15, -0.1) is 0 Å². The van der Waals surface area contributed by atoms with E-state index in [0.717, 1.165) is 6.61 Å². The highest BCUT2D eigenvalue weighted by atomic mass is 16.6. The molecule has 0 radical (unpaired) electrons. The van der Waals surface area contributed by atoms with Gasteiger partial charge in [-0.1, -0.05) is 67.9 Å². The molecule has 0 N–H and O–H groups in total. The van der Waals surface area contributed by atoms with Crippen molar-refractivity contribution < 1.29 is 4.74 Å². The Morgan fingerprint density at radius 3 is 1.84 bits per heavy atom. The number of rotatable bonds is 3. The van der Waals surface area contributed by atoms with E-state index in [2.05, 4.69) is 69.3 Å². The number of hydrogen-bond acceptors (Lipinski definition) is 1. The number of hydrogen-bond donors (Lipinski definition) is 0. The van der Waals surface area contributed by atoms with Gasteiger partial charge in [-0.2, -0.15) is 0 Å². The molecule has 19 heavy (non-hydrogen) atoms. The summed E-state index contributed by atoms with van der Waals surface area (Å²) in [7, 11) is 0. The van der Waals surface area contributed by atoms with Crippen molar-refractivity contribution in [2.45, 2.75) is 32.3 Å². The third-order valence-electron chi connectivity index (χ3n) is 4.11. The first-order chi connectivity index (χ1) is 9.07. The van der Waals surface area contributed by atoms with Crippen molar-refractivity contribution in [2.75, 3.05) is 6.61 Å². The molecule has 1 heteroatoms. The monoisotopic (exact) mass is 252 g/mol. The van der Waals surface area contributed by atoms with Gasteiger partial charge in [0.05, 0.1) is 6.61 Å². The van der Waals surface area contributed by atoms with Crippen molar-refractivity contribution in [3.63, 3.8) is 0 Å². The fraction of sp³-hybridized carbons (Fsp3) is 0.333. The fourth-order valence-corrected chi connectivity index (χ4v) is 2.49. The molecule has 1 fully saturated rings. The molecule has 0 amide bonds. The molecule has 1 heterocycles. The van der Waals surface area contributed by atoms with Crippen LogP contribution < -0.4 is 0 Å². The van der Waals surface area contributed by atoms with Gasteiger partial charge in [0.1, 0.15) is 6.10 Å². The molecule has 2 aromatic carbocycles. The molecule has 0 aromatic heterocycles. The summed E-state index contributed by atoms with van der Waals surface area (Å²) < 4.78 is 5.32. The first-order valence-corrected chi connectivity index (χ1v) is 6.86. The van der Waals surface area contributed by atoms with Gasteiger partial charge in [-0.25, -0.2) is 0 Å². The zero-order valence-corrected chi connectivity index (χ0v) is 11.8.